The maximum absolute atomic E-state index is 2.42. The van der Waals surface area contributed by atoms with Gasteiger partial charge in [0.15, 0.2) is 0 Å². The number of nitrogens with zero attached hydrogens (tertiary/aromatic N) is 1. The Morgan fingerprint density at radius 3 is 2.00 bits per heavy atom. The Kier molecular flexibility index (Phi) is 2.68. The van der Waals surface area contributed by atoms with Gasteiger partial charge in [-0.25, -0.2) is 0 Å². The first-order chi connectivity index (χ1) is 3.63. The zero-order valence-electron chi connectivity index (χ0n) is 6.07. The van der Waals surface area contributed by atoms with Crippen LogP contribution in [0.5, 0.6) is 0 Å². The Morgan fingerprint density at radius 1 is 1.33 bits per heavy atom. The molecule has 1 rings (SSSR count). The van der Waals surface area contributed by atoms with Crippen molar-refractivity contribution in [3.05, 3.63) is 0 Å². The van der Waals surface area contributed by atoms with E-state index in [0.29, 0.717) is 5.54 Å². The van der Waals surface area contributed by atoms with Crippen LogP contribution >= 0.6 is 0 Å². The van der Waals surface area contributed by atoms with Gasteiger partial charge in [0.25, 0.3) is 0 Å². The maximum Gasteiger partial charge on any atom is 0.0150 e. The molecule has 56 valence electrons. The molecular weight excluding hydrogens is 110 g/mol. The standard InChI is InChI=1S/C7H15N.CH4/c1-7(2)5-4-6-8(7)3;/h4-6H2,1-3H3;1H4. The molecule has 0 aromatic carbocycles. The number of rotatable bonds is 0. The van der Waals surface area contributed by atoms with Crippen molar-refractivity contribution >= 4 is 0 Å². The minimum absolute atomic E-state index is 0. The second kappa shape index (κ2) is 2.70. The van der Waals surface area contributed by atoms with Crippen molar-refractivity contribution in [2.75, 3.05) is 13.6 Å². The van der Waals surface area contributed by atoms with Gasteiger partial charge < -0.3 is 4.90 Å². The van der Waals surface area contributed by atoms with Crippen LogP contribution in [0.2, 0.25) is 0 Å². The van der Waals surface area contributed by atoms with Gasteiger partial charge in [0.1, 0.15) is 0 Å². The summed E-state index contributed by atoms with van der Waals surface area (Å²) in [5, 5.41) is 0. The predicted octanol–water partition coefficient (Wildman–Crippen LogP) is 2.13. The third-order valence-corrected chi connectivity index (χ3v) is 2.32. The number of hydrogen-bond donors (Lipinski definition) is 0. The molecule has 1 heteroatoms. The lowest BCUT2D eigenvalue weighted by atomic mass is 10.0. The van der Waals surface area contributed by atoms with Crippen LogP contribution in [-0.4, -0.2) is 24.0 Å². The van der Waals surface area contributed by atoms with E-state index in [1.807, 2.05) is 0 Å². The summed E-state index contributed by atoms with van der Waals surface area (Å²) in [5.74, 6) is 0. The van der Waals surface area contributed by atoms with Crippen molar-refractivity contribution in [3.8, 4) is 0 Å². The molecule has 9 heavy (non-hydrogen) atoms. The second-order valence-corrected chi connectivity index (χ2v) is 3.34. The quantitative estimate of drug-likeness (QED) is 0.484. The molecule has 0 atom stereocenters. The Balaban J connectivity index is 0.000000640. The van der Waals surface area contributed by atoms with E-state index in [0.717, 1.165) is 0 Å². The van der Waals surface area contributed by atoms with E-state index in [-0.39, 0.29) is 7.43 Å². The van der Waals surface area contributed by atoms with Gasteiger partial charge in [0.05, 0.1) is 0 Å². The molecule has 0 saturated carbocycles. The van der Waals surface area contributed by atoms with Gasteiger partial charge in [0, 0.05) is 5.54 Å². The molecular formula is C8H19N. The molecule has 0 radical (unpaired) electrons. The van der Waals surface area contributed by atoms with Gasteiger partial charge in [-0.2, -0.15) is 0 Å². The first-order valence-corrected chi connectivity index (χ1v) is 3.34. The van der Waals surface area contributed by atoms with Crippen LogP contribution in [0.15, 0.2) is 0 Å². The number of hydrogen-bond acceptors (Lipinski definition) is 1. The van der Waals surface area contributed by atoms with Crippen LogP contribution < -0.4 is 0 Å². The van der Waals surface area contributed by atoms with E-state index >= 15 is 0 Å². The zero-order chi connectivity index (χ0) is 6.20. The van der Waals surface area contributed by atoms with E-state index in [2.05, 4.69) is 25.8 Å². The summed E-state index contributed by atoms with van der Waals surface area (Å²) in [6, 6.07) is 0. The molecule has 1 aliphatic rings. The van der Waals surface area contributed by atoms with Gasteiger partial charge in [-0.1, -0.05) is 7.43 Å². The topological polar surface area (TPSA) is 3.24 Å². The Morgan fingerprint density at radius 2 is 1.89 bits per heavy atom. The van der Waals surface area contributed by atoms with Crippen LogP contribution in [0.3, 0.4) is 0 Å². The lowest BCUT2D eigenvalue weighted by molar-refractivity contribution is 0.218. The average Bonchev–Trinajstić information content (AvgIpc) is 1.86. The Labute approximate surface area is 59.1 Å². The molecule has 1 fully saturated rings. The molecule has 0 aromatic rings. The van der Waals surface area contributed by atoms with E-state index in [9.17, 15) is 0 Å². The van der Waals surface area contributed by atoms with Crippen molar-refractivity contribution in [3.63, 3.8) is 0 Å². The van der Waals surface area contributed by atoms with Crippen molar-refractivity contribution in [1.29, 1.82) is 0 Å². The van der Waals surface area contributed by atoms with Crippen LogP contribution in [0.4, 0.5) is 0 Å². The third-order valence-electron chi connectivity index (χ3n) is 2.32. The molecule has 1 heterocycles. The molecule has 0 aromatic heterocycles. The average molecular weight is 129 g/mol. The van der Waals surface area contributed by atoms with Crippen LogP contribution in [0.25, 0.3) is 0 Å². The van der Waals surface area contributed by atoms with Crippen LogP contribution in [0.1, 0.15) is 34.1 Å². The Hall–Kier alpha value is -0.0400. The minimum Gasteiger partial charge on any atom is -0.301 e. The molecule has 0 aliphatic carbocycles. The van der Waals surface area contributed by atoms with E-state index in [1.54, 1.807) is 0 Å². The van der Waals surface area contributed by atoms with Crippen molar-refractivity contribution in [2.24, 2.45) is 0 Å². The third kappa shape index (κ3) is 1.68. The Bertz CT molecular complexity index is 86.6. The molecule has 1 saturated heterocycles. The highest BCUT2D eigenvalue weighted by Crippen LogP contribution is 2.25. The van der Waals surface area contributed by atoms with Gasteiger partial charge >= 0.3 is 0 Å². The summed E-state index contributed by atoms with van der Waals surface area (Å²) in [4.78, 5) is 2.42. The monoisotopic (exact) mass is 129 g/mol. The summed E-state index contributed by atoms with van der Waals surface area (Å²) in [5.41, 5.74) is 0.486. The highest BCUT2D eigenvalue weighted by molar-refractivity contribution is 4.84. The van der Waals surface area contributed by atoms with Crippen molar-refractivity contribution in [1.82, 2.24) is 4.90 Å². The molecule has 0 unspecified atom stereocenters. The fraction of sp³-hybridized carbons (Fsp3) is 1.00. The summed E-state index contributed by atoms with van der Waals surface area (Å²) in [6.45, 7) is 5.90. The second-order valence-electron chi connectivity index (χ2n) is 3.34. The molecule has 1 aliphatic heterocycles. The summed E-state index contributed by atoms with van der Waals surface area (Å²) < 4.78 is 0. The molecule has 0 amide bonds. The molecule has 0 bridgehead atoms. The summed E-state index contributed by atoms with van der Waals surface area (Å²) in [6.07, 6.45) is 2.74. The molecule has 0 N–H and O–H groups in total. The fourth-order valence-electron chi connectivity index (χ4n) is 1.24. The largest absolute Gasteiger partial charge is 0.301 e. The maximum atomic E-state index is 2.42. The predicted molar refractivity (Wildman–Crippen MR) is 42.7 cm³/mol. The minimum atomic E-state index is 0. The van der Waals surface area contributed by atoms with Crippen LogP contribution in [-0.2, 0) is 0 Å². The smallest absolute Gasteiger partial charge is 0.0150 e. The van der Waals surface area contributed by atoms with E-state index in [4.69, 9.17) is 0 Å². The molecule has 0 spiro atoms. The lowest BCUT2D eigenvalue weighted by Gasteiger charge is -2.26. The van der Waals surface area contributed by atoms with Gasteiger partial charge in [-0.15, -0.1) is 0 Å². The van der Waals surface area contributed by atoms with E-state index < -0.39 is 0 Å². The lowest BCUT2D eigenvalue weighted by Crippen LogP contribution is -2.34. The normalized spacial score (nSPS) is 25.7. The van der Waals surface area contributed by atoms with Gasteiger partial charge in [-0.3, -0.25) is 0 Å². The number of likely N-dealkylation sites (tertiary alicyclic amines) is 1. The van der Waals surface area contributed by atoms with Crippen molar-refractivity contribution < 1.29 is 0 Å². The molecule has 1 nitrogen and oxygen atoms in total. The first-order valence-electron chi connectivity index (χ1n) is 3.34. The van der Waals surface area contributed by atoms with Crippen molar-refractivity contribution in [2.45, 2.75) is 39.7 Å². The highest BCUT2D eigenvalue weighted by atomic mass is 15.2. The highest BCUT2D eigenvalue weighted by Gasteiger charge is 2.27. The van der Waals surface area contributed by atoms with Gasteiger partial charge in [-0.05, 0) is 40.3 Å². The van der Waals surface area contributed by atoms with Gasteiger partial charge in [0.2, 0.25) is 0 Å². The van der Waals surface area contributed by atoms with E-state index in [1.165, 1.54) is 19.4 Å². The fourth-order valence-corrected chi connectivity index (χ4v) is 1.24. The summed E-state index contributed by atoms with van der Waals surface area (Å²) >= 11 is 0. The summed E-state index contributed by atoms with van der Waals surface area (Å²) in [7, 11) is 2.20. The first kappa shape index (κ1) is 8.96. The SMILES string of the molecule is C.CN1CCCC1(C)C. The van der Waals surface area contributed by atoms with Crippen LogP contribution in [0, 0.1) is 0 Å². The zero-order valence-corrected chi connectivity index (χ0v) is 6.07.